The number of thioether (sulfide) groups is 1. The van der Waals surface area contributed by atoms with Crippen molar-refractivity contribution in [2.24, 2.45) is 11.1 Å². The average Bonchev–Trinajstić information content (AvgIpc) is 3.29. The van der Waals surface area contributed by atoms with E-state index in [0.717, 1.165) is 17.8 Å². The van der Waals surface area contributed by atoms with Crippen LogP contribution in [-0.2, 0) is 4.79 Å². The molecule has 0 spiro atoms. The number of hydrogen-bond acceptors (Lipinski definition) is 6. The molecular formula is C25H21F3N4O4S. The van der Waals surface area contributed by atoms with Crippen molar-refractivity contribution in [2.75, 3.05) is 11.1 Å². The molecule has 2 heterocycles. The molecule has 1 amide bonds. The van der Waals surface area contributed by atoms with E-state index >= 15 is 4.39 Å². The highest BCUT2D eigenvalue weighted by molar-refractivity contribution is 7.99. The maximum Gasteiger partial charge on any atom is 0.357 e. The summed E-state index contributed by atoms with van der Waals surface area (Å²) in [6, 6.07) is 15.0. The Kier molecular flexibility index (Phi) is 6.98. The molecule has 8 nitrogen and oxygen atoms in total. The number of carboxylic acid groups (broad SMARTS) is 1. The summed E-state index contributed by atoms with van der Waals surface area (Å²) >= 11 is -0.0839. The number of Topliss-reactive ketones (excluding diaryl/α,β-unsaturated/α-hetero) is 1. The Balaban J connectivity index is 1.61. The Hall–Kier alpha value is -3.90. The minimum absolute atomic E-state index is 0.0839. The number of carboxylic acids is 1. The molecular weight excluding hydrogens is 509 g/mol. The summed E-state index contributed by atoms with van der Waals surface area (Å²) in [6.45, 7) is 0.896. The topological polar surface area (TPSA) is 138 Å². The van der Waals surface area contributed by atoms with Gasteiger partial charge in [-0.1, -0.05) is 30.0 Å². The zero-order valence-corrected chi connectivity index (χ0v) is 20.1. The third-order valence-electron chi connectivity index (χ3n) is 6.09. The Morgan fingerprint density at radius 1 is 1.14 bits per heavy atom. The fourth-order valence-electron chi connectivity index (χ4n) is 3.83. The van der Waals surface area contributed by atoms with Crippen LogP contribution in [0.4, 0.5) is 18.9 Å². The van der Waals surface area contributed by atoms with Gasteiger partial charge in [-0.2, -0.15) is 8.78 Å². The first-order chi connectivity index (χ1) is 17.4. The van der Waals surface area contributed by atoms with Crippen molar-refractivity contribution in [2.45, 2.75) is 18.5 Å². The van der Waals surface area contributed by atoms with E-state index in [9.17, 15) is 28.3 Å². The highest BCUT2D eigenvalue weighted by atomic mass is 32.2. The standard InChI is InChI=1S/C25H21F3N4O4S/c1-24(12-37-23(26)27,25(28,29)22(35)36)20(33)19-10-14-9-16(6-7-18(14)32-19)31-21(34)15-8-13-4-2-3-5-17(13)30-11-15/h2-11,23,32H,12,29H2,1H3,(H,31,34)(H,35,36). The van der Waals surface area contributed by atoms with Crippen LogP contribution in [0.2, 0.25) is 0 Å². The fraction of sp³-hybridized carbons (Fsp3) is 0.200. The van der Waals surface area contributed by atoms with Gasteiger partial charge in [0.15, 0.2) is 5.78 Å². The Morgan fingerprint density at radius 2 is 1.86 bits per heavy atom. The van der Waals surface area contributed by atoms with Gasteiger partial charge in [0.1, 0.15) is 5.41 Å². The number of aromatic amines is 1. The number of alkyl halides is 3. The van der Waals surface area contributed by atoms with Gasteiger partial charge >= 0.3 is 5.97 Å². The Morgan fingerprint density at radius 3 is 2.57 bits per heavy atom. The maximum absolute atomic E-state index is 15.0. The van der Waals surface area contributed by atoms with Crippen LogP contribution in [0, 0.1) is 5.41 Å². The van der Waals surface area contributed by atoms with Crippen molar-refractivity contribution >= 4 is 56.9 Å². The number of hydrogen-bond donors (Lipinski definition) is 4. The zero-order valence-electron chi connectivity index (χ0n) is 19.3. The van der Waals surface area contributed by atoms with Crippen LogP contribution in [0.15, 0.2) is 60.8 Å². The van der Waals surface area contributed by atoms with E-state index in [1.807, 2.05) is 24.3 Å². The van der Waals surface area contributed by atoms with Crippen molar-refractivity contribution < 1.29 is 32.7 Å². The van der Waals surface area contributed by atoms with Gasteiger partial charge in [0.25, 0.3) is 17.5 Å². The SMILES string of the molecule is CC(CSC(F)F)(C(=O)c1cc2cc(NC(=O)c3cnc4ccccc4c3)ccc2[nH]1)C(N)(F)C(=O)O. The molecule has 5 N–H and O–H groups in total. The average molecular weight is 531 g/mol. The molecule has 0 aliphatic heterocycles. The van der Waals surface area contributed by atoms with Crippen LogP contribution in [0.5, 0.6) is 0 Å². The lowest BCUT2D eigenvalue weighted by Gasteiger charge is -2.35. The van der Waals surface area contributed by atoms with Gasteiger partial charge in [-0.15, -0.1) is 0 Å². The normalized spacial score (nSPS) is 14.9. The zero-order chi connectivity index (χ0) is 27.0. The number of H-pyrrole nitrogens is 1. The predicted octanol–water partition coefficient (Wildman–Crippen LogP) is 4.82. The number of amides is 1. The molecule has 12 heteroatoms. The van der Waals surface area contributed by atoms with Crippen LogP contribution >= 0.6 is 11.8 Å². The molecule has 4 aromatic rings. The number of pyridine rings is 1. The van der Waals surface area contributed by atoms with E-state index in [-0.39, 0.29) is 17.5 Å². The number of nitrogens with two attached hydrogens (primary N) is 1. The predicted molar refractivity (Wildman–Crippen MR) is 135 cm³/mol. The van der Waals surface area contributed by atoms with Crippen molar-refractivity contribution in [1.82, 2.24) is 9.97 Å². The van der Waals surface area contributed by atoms with Crippen LogP contribution in [0.25, 0.3) is 21.8 Å². The number of aliphatic carboxylic acids is 1. The number of halogens is 3. The van der Waals surface area contributed by atoms with Crippen LogP contribution in [0.1, 0.15) is 27.8 Å². The molecule has 0 fully saturated rings. The first kappa shape index (κ1) is 26.2. The van der Waals surface area contributed by atoms with Crippen molar-refractivity contribution in [3.8, 4) is 0 Å². The molecule has 37 heavy (non-hydrogen) atoms. The summed E-state index contributed by atoms with van der Waals surface area (Å²) in [5.41, 5.74) is 4.44. The lowest BCUT2D eigenvalue weighted by molar-refractivity contribution is -0.156. The summed E-state index contributed by atoms with van der Waals surface area (Å²) < 4.78 is 40.7. The van der Waals surface area contributed by atoms with Gasteiger partial charge in [0.2, 0.25) is 0 Å². The second-order valence-corrected chi connectivity index (χ2v) is 9.58. The van der Waals surface area contributed by atoms with Crippen molar-refractivity contribution in [3.05, 3.63) is 72.1 Å². The molecule has 0 radical (unpaired) electrons. The molecule has 4 rings (SSSR count). The van der Waals surface area contributed by atoms with E-state index < -0.39 is 40.4 Å². The third kappa shape index (κ3) is 5.02. The minimum Gasteiger partial charge on any atom is -0.478 e. The second-order valence-electron chi connectivity index (χ2n) is 8.61. The molecule has 0 aliphatic carbocycles. The molecule has 2 atom stereocenters. The largest absolute Gasteiger partial charge is 0.478 e. The number of ketones is 1. The number of fused-ring (bicyclic) bond motifs is 2. The van der Waals surface area contributed by atoms with E-state index in [0.29, 0.717) is 22.2 Å². The van der Waals surface area contributed by atoms with E-state index in [2.05, 4.69) is 15.3 Å². The first-order valence-corrected chi connectivity index (χ1v) is 11.9. The molecule has 2 aromatic heterocycles. The second kappa shape index (κ2) is 9.87. The number of para-hydroxylation sites is 1. The number of nitrogens with zero attached hydrogens (tertiary/aromatic N) is 1. The maximum atomic E-state index is 15.0. The van der Waals surface area contributed by atoms with Crippen LogP contribution in [0.3, 0.4) is 0 Å². The van der Waals surface area contributed by atoms with Gasteiger partial charge < -0.3 is 15.4 Å². The molecule has 2 aromatic carbocycles. The van der Waals surface area contributed by atoms with E-state index in [4.69, 9.17) is 5.73 Å². The molecule has 192 valence electrons. The summed E-state index contributed by atoms with van der Waals surface area (Å²) in [5.74, 6) is -11.1. The van der Waals surface area contributed by atoms with Gasteiger partial charge in [-0.05, 0) is 43.3 Å². The van der Waals surface area contributed by atoms with Gasteiger partial charge in [0.05, 0.1) is 16.8 Å². The number of aromatic nitrogens is 2. The Bertz CT molecular complexity index is 1520. The fourth-order valence-corrected chi connectivity index (χ4v) is 4.63. The monoisotopic (exact) mass is 530 g/mol. The molecule has 0 saturated carbocycles. The summed E-state index contributed by atoms with van der Waals surface area (Å²) in [4.78, 5) is 44.4. The van der Waals surface area contributed by atoms with Crippen molar-refractivity contribution in [3.63, 3.8) is 0 Å². The highest BCUT2D eigenvalue weighted by Gasteiger charge is 2.58. The van der Waals surface area contributed by atoms with Crippen molar-refractivity contribution in [1.29, 1.82) is 0 Å². The number of carbonyl (C=O) groups is 3. The van der Waals surface area contributed by atoms with Gasteiger partial charge in [-0.25, -0.2) is 9.18 Å². The first-order valence-electron chi connectivity index (χ1n) is 10.9. The number of benzene rings is 2. The smallest absolute Gasteiger partial charge is 0.357 e. The number of rotatable bonds is 9. The van der Waals surface area contributed by atoms with E-state index in [1.54, 1.807) is 24.3 Å². The minimum atomic E-state index is -3.61. The Labute approximate surface area is 212 Å². The number of carbonyl (C=O) groups excluding carboxylic acids is 2. The summed E-state index contributed by atoms with van der Waals surface area (Å²) in [7, 11) is 0. The summed E-state index contributed by atoms with van der Waals surface area (Å²) in [5, 5.41) is 13.2. The molecule has 2 unspecified atom stereocenters. The van der Waals surface area contributed by atoms with Crippen LogP contribution in [-0.4, -0.2) is 50.0 Å². The molecule has 0 aliphatic rings. The van der Waals surface area contributed by atoms with Crippen LogP contribution < -0.4 is 11.1 Å². The van der Waals surface area contributed by atoms with Gasteiger partial charge in [-0.3, -0.25) is 20.3 Å². The third-order valence-corrected chi connectivity index (χ3v) is 7.09. The lowest BCUT2D eigenvalue weighted by atomic mass is 9.77. The van der Waals surface area contributed by atoms with Gasteiger partial charge in [0, 0.05) is 33.9 Å². The lowest BCUT2D eigenvalue weighted by Crippen LogP contribution is -2.61. The van der Waals surface area contributed by atoms with E-state index in [1.165, 1.54) is 12.3 Å². The quantitative estimate of drug-likeness (QED) is 0.180. The summed E-state index contributed by atoms with van der Waals surface area (Å²) in [6.07, 6.45) is 1.44. The highest BCUT2D eigenvalue weighted by Crippen LogP contribution is 2.40. The number of nitrogens with one attached hydrogen (secondary N) is 2. The molecule has 0 bridgehead atoms. The molecule has 0 saturated heterocycles. The number of anilines is 1.